The van der Waals surface area contributed by atoms with Gasteiger partial charge in [-0.15, -0.1) is 0 Å². The Balaban J connectivity index is 0.00000225. The molecule has 0 amide bonds. The molecule has 0 saturated carbocycles. The van der Waals surface area contributed by atoms with E-state index >= 15 is 0 Å². The second-order valence-corrected chi connectivity index (χ2v) is 4.79. The van der Waals surface area contributed by atoms with Crippen LogP contribution in [0.1, 0.15) is 5.56 Å². The van der Waals surface area contributed by atoms with Crippen molar-refractivity contribution in [2.75, 3.05) is 11.5 Å². The molecule has 0 radical (unpaired) electrons. The van der Waals surface area contributed by atoms with E-state index < -0.39 is 10.4 Å². The molecular formula is C8H10NNaO4S2. The fraction of sp³-hybridized carbons (Fsp3) is 0.250. The summed E-state index contributed by atoms with van der Waals surface area (Å²) < 4.78 is 34.2. The Bertz CT molecular complexity index is 407. The molecule has 0 aliphatic carbocycles. The van der Waals surface area contributed by atoms with Crippen molar-refractivity contribution < 1.29 is 46.2 Å². The quantitative estimate of drug-likeness (QED) is 0.165. The molecule has 5 nitrogen and oxygen atoms in total. The molecule has 0 saturated heterocycles. The first-order valence-corrected chi connectivity index (χ1v) is 6.33. The smallest absolute Gasteiger partial charge is 0.725 e. The second kappa shape index (κ2) is 7.54. The molecule has 0 bridgehead atoms. The van der Waals surface area contributed by atoms with Crippen molar-refractivity contribution in [3.63, 3.8) is 0 Å². The summed E-state index contributed by atoms with van der Waals surface area (Å²) in [5.41, 5.74) is 7.16. The van der Waals surface area contributed by atoms with Gasteiger partial charge in [0, 0.05) is 23.5 Å². The summed E-state index contributed by atoms with van der Waals surface area (Å²) in [6, 6.07) is 7.18. The average molecular weight is 271 g/mol. The molecular weight excluding hydrogens is 261 g/mol. The van der Waals surface area contributed by atoms with Crippen molar-refractivity contribution in [2.45, 2.75) is 6.42 Å². The second-order valence-electron chi connectivity index (χ2n) is 2.79. The minimum absolute atomic E-state index is 0. The number of nitrogens with two attached hydrogens (primary N) is 1. The summed E-state index contributed by atoms with van der Waals surface area (Å²) in [5.74, 6) is 0.394. The fourth-order valence-corrected chi connectivity index (χ4v) is 2.00. The van der Waals surface area contributed by atoms with E-state index in [1.165, 1.54) is 0 Å². The van der Waals surface area contributed by atoms with Crippen LogP contribution in [0.3, 0.4) is 0 Å². The normalized spacial score (nSPS) is 10.8. The molecule has 1 aromatic rings. The maximum absolute atomic E-state index is 10.1. The van der Waals surface area contributed by atoms with Crippen LogP contribution in [-0.4, -0.2) is 18.7 Å². The Morgan fingerprint density at radius 1 is 1.31 bits per heavy atom. The predicted octanol–water partition coefficient (Wildman–Crippen LogP) is -2.06. The SMILES string of the molecule is Nc1ccc(CCSOS(=O)(=O)[O-])cc1.[Na+]. The summed E-state index contributed by atoms with van der Waals surface area (Å²) >= 11 is 0.628. The number of rotatable bonds is 5. The molecule has 0 atom stereocenters. The van der Waals surface area contributed by atoms with Gasteiger partial charge in [-0.2, -0.15) is 0 Å². The molecule has 0 aliphatic heterocycles. The molecule has 16 heavy (non-hydrogen) atoms. The molecule has 1 aromatic carbocycles. The van der Waals surface area contributed by atoms with Crippen LogP contribution in [0.25, 0.3) is 0 Å². The van der Waals surface area contributed by atoms with Crippen molar-refractivity contribution >= 4 is 28.1 Å². The first-order chi connectivity index (χ1) is 6.97. The summed E-state index contributed by atoms with van der Waals surface area (Å²) in [6.45, 7) is 0. The largest absolute Gasteiger partial charge is 1.00 e. The number of hydrogen-bond donors (Lipinski definition) is 1. The van der Waals surface area contributed by atoms with Gasteiger partial charge in [0.15, 0.2) is 0 Å². The molecule has 0 aliphatic rings. The Morgan fingerprint density at radius 2 is 1.88 bits per heavy atom. The molecule has 8 heteroatoms. The first kappa shape index (κ1) is 16.2. The molecule has 0 unspecified atom stereocenters. The van der Waals surface area contributed by atoms with Gasteiger partial charge in [0.05, 0.1) is 0 Å². The average Bonchev–Trinajstić information content (AvgIpc) is 2.14. The summed E-state index contributed by atoms with van der Waals surface area (Å²) in [5, 5.41) is 0. The summed E-state index contributed by atoms with van der Waals surface area (Å²) in [6.07, 6.45) is 0.612. The zero-order chi connectivity index (χ0) is 11.3. The van der Waals surface area contributed by atoms with Crippen LogP contribution < -0.4 is 35.3 Å². The standard InChI is InChI=1S/C8H11NO4S2.Na/c9-8-3-1-7(2-4-8)5-6-14-13-15(10,11)12;/h1-4H,5-6,9H2,(H,10,11,12);/q;+1/p-1. The van der Waals surface area contributed by atoms with Gasteiger partial charge in [-0.25, -0.2) is 12.0 Å². The van der Waals surface area contributed by atoms with Gasteiger partial charge in [-0.3, -0.25) is 0 Å². The topological polar surface area (TPSA) is 92.5 Å². The minimum Gasteiger partial charge on any atom is -0.725 e. The van der Waals surface area contributed by atoms with Crippen molar-refractivity contribution in [3.05, 3.63) is 29.8 Å². The Labute approximate surface area is 121 Å². The molecule has 1 rings (SSSR count). The van der Waals surface area contributed by atoms with Crippen molar-refractivity contribution in [3.8, 4) is 0 Å². The van der Waals surface area contributed by atoms with Crippen molar-refractivity contribution in [1.29, 1.82) is 0 Å². The van der Waals surface area contributed by atoms with E-state index in [1.54, 1.807) is 12.1 Å². The van der Waals surface area contributed by atoms with Gasteiger partial charge < -0.3 is 10.3 Å². The van der Waals surface area contributed by atoms with E-state index in [2.05, 4.69) is 3.63 Å². The Hall–Kier alpha value is 0.240. The molecule has 0 fully saturated rings. The number of nitrogen functional groups attached to an aromatic ring is 1. The first-order valence-electron chi connectivity index (χ1n) is 4.09. The Morgan fingerprint density at radius 3 is 2.38 bits per heavy atom. The van der Waals surface area contributed by atoms with Crippen LogP contribution in [0.5, 0.6) is 0 Å². The van der Waals surface area contributed by atoms with Crippen LogP contribution >= 0.6 is 12.0 Å². The van der Waals surface area contributed by atoms with E-state index in [9.17, 15) is 13.0 Å². The monoisotopic (exact) mass is 271 g/mol. The van der Waals surface area contributed by atoms with Crippen LogP contribution in [0.4, 0.5) is 5.69 Å². The molecule has 84 valence electrons. The Kier molecular flexibility index (Phi) is 7.66. The van der Waals surface area contributed by atoms with E-state index in [0.717, 1.165) is 5.56 Å². The minimum atomic E-state index is -4.59. The van der Waals surface area contributed by atoms with E-state index in [1.807, 2.05) is 12.1 Å². The van der Waals surface area contributed by atoms with E-state index in [4.69, 9.17) is 5.73 Å². The maximum Gasteiger partial charge on any atom is 1.00 e. The van der Waals surface area contributed by atoms with Crippen molar-refractivity contribution in [1.82, 2.24) is 0 Å². The third-order valence-electron chi connectivity index (χ3n) is 1.59. The van der Waals surface area contributed by atoms with Crippen LogP contribution in [0.15, 0.2) is 24.3 Å². The molecule has 0 aromatic heterocycles. The van der Waals surface area contributed by atoms with Crippen LogP contribution in [-0.2, 0) is 20.4 Å². The van der Waals surface area contributed by atoms with Gasteiger partial charge >= 0.3 is 29.6 Å². The summed E-state index contributed by atoms with van der Waals surface area (Å²) in [4.78, 5) is 0. The number of benzene rings is 1. The fourth-order valence-electron chi connectivity index (χ4n) is 0.937. The third kappa shape index (κ3) is 7.50. The van der Waals surface area contributed by atoms with Gasteiger partial charge in [0.1, 0.15) is 0 Å². The van der Waals surface area contributed by atoms with Gasteiger partial charge in [0.2, 0.25) is 10.4 Å². The van der Waals surface area contributed by atoms with Crippen LogP contribution in [0, 0.1) is 0 Å². The molecule has 0 spiro atoms. The zero-order valence-corrected chi connectivity index (χ0v) is 12.4. The zero-order valence-electron chi connectivity index (χ0n) is 8.75. The number of hydrogen-bond acceptors (Lipinski definition) is 6. The number of anilines is 1. The third-order valence-corrected chi connectivity index (χ3v) is 3.01. The molecule has 2 N–H and O–H groups in total. The van der Waals surface area contributed by atoms with Gasteiger partial charge in [0.25, 0.3) is 0 Å². The molecule has 0 heterocycles. The maximum atomic E-state index is 10.1. The predicted molar refractivity (Wildman–Crippen MR) is 57.8 cm³/mol. The number of aryl methyl sites for hydroxylation is 1. The van der Waals surface area contributed by atoms with Gasteiger partial charge in [-0.05, 0) is 24.1 Å². The van der Waals surface area contributed by atoms with Gasteiger partial charge in [-0.1, -0.05) is 12.1 Å². The van der Waals surface area contributed by atoms with E-state index in [-0.39, 0.29) is 29.6 Å². The van der Waals surface area contributed by atoms with E-state index in [0.29, 0.717) is 29.9 Å². The van der Waals surface area contributed by atoms with Crippen LogP contribution in [0.2, 0.25) is 0 Å². The van der Waals surface area contributed by atoms with Crippen molar-refractivity contribution in [2.24, 2.45) is 0 Å². The summed E-state index contributed by atoms with van der Waals surface area (Å²) in [7, 11) is -4.59.